The molecule has 1 aromatic rings. The molecule has 5 nitrogen and oxygen atoms in total. The summed E-state index contributed by atoms with van der Waals surface area (Å²) in [6, 6.07) is 0. The Morgan fingerprint density at radius 3 is 2.87 bits per heavy atom. The van der Waals surface area contributed by atoms with Crippen LogP contribution in [0.5, 0.6) is 0 Å². The Morgan fingerprint density at radius 2 is 2.20 bits per heavy atom. The smallest absolute Gasteiger partial charge is 0.325 e. The molecule has 0 atom stereocenters. The van der Waals surface area contributed by atoms with Crippen LogP contribution in [0.2, 0.25) is 0 Å². The van der Waals surface area contributed by atoms with Gasteiger partial charge in [-0.15, -0.1) is 5.10 Å². The summed E-state index contributed by atoms with van der Waals surface area (Å²) < 4.78 is 1.51. The van der Waals surface area contributed by atoms with E-state index in [1.807, 2.05) is 0 Å². The first-order chi connectivity index (χ1) is 7.27. The number of carbonyl (C=O) groups is 1. The monoisotopic (exact) mass is 209 g/mol. The first kappa shape index (κ1) is 10.1. The topological polar surface area (TPSA) is 68.0 Å². The highest BCUT2D eigenvalue weighted by atomic mass is 16.4. The number of hydrogen-bond donors (Lipinski definition) is 1. The zero-order valence-corrected chi connectivity index (χ0v) is 8.59. The number of rotatable bonds is 3. The average molecular weight is 209 g/mol. The zero-order chi connectivity index (χ0) is 10.7. The van der Waals surface area contributed by atoms with Crippen LogP contribution in [-0.4, -0.2) is 26.1 Å². The van der Waals surface area contributed by atoms with E-state index in [0.717, 1.165) is 18.5 Å². The van der Waals surface area contributed by atoms with Crippen molar-refractivity contribution in [2.75, 3.05) is 0 Å². The van der Waals surface area contributed by atoms with E-state index in [1.165, 1.54) is 23.9 Å². The van der Waals surface area contributed by atoms with Gasteiger partial charge in [-0.25, -0.2) is 4.68 Å². The van der Waals surface area contributed by atoms with E-state index in [0.29, 0.717) is 5.92 Å². The third-order valence-electron chi connectivity index (χ3n) is 2.96. The maximum Gasteiger partial charge on any atom is 0.325 e. The molecule has 0 radical (unpaired) electrons. The molecule has 1 fully saturated rings. The first-order valence-corrected chi connectivity index (χ1v) is 5.37. The van der Waals surface area contributed by atoms with Gasteiger partial charge in [-0.2, -0.15) is 0 Å². The van der Waals surface area contributed by atoms with Gasteiger partial charge in [-0.05, 0) is 12.8 Å². The SMILES string of the molecule is O=C(O)Cn1nncc1C1CCCCC1. The summed E-state index contributed by atoms with van der Waals surface area (Å²) in [7, 11) is 0. The molecule has 1 aliphatic rings. The lowest BCUT2D eigenvalue weighted by Gasteiger charge is -2.21. The van der Waals surface area contributed by atoms with Crippen LogP contribution in [0.25, 0.3) is 0 Å². The van der Waals surface area contributed by atoms with Gasteiger partial charge in [0.1, 0.15) is 6.54 Å². The van der Waals surface area contributed by atoms with Crippen LogP contribution >= 0.6 is 0 Å². The average Bonchev–Trinajstić information content (AvgIpc) is 2.66. The molecule has 2 rings (SSSR count). The molecule has 0 amide bonds. The van der Waals surface area contributed by atoms with Gasteiger partial charge in [0, 0.05) is 5.92 Å². The fraction of sp³-hybridized carbons (Fsp3) is 0.700. The fourth-order valence-electron chi connectivity index (χ4n) is 2.23. The van der Waals surface area contributed by atoms with Crippen LogP contribution in [0.1, 0.15) is 43.7 Å². The third kappa shape index (κ3) is 2.34. The van der Waals surface area contributed by atoms with Crippen molar-refractivity contribution < 1.29 is 9.90 Å². The van der Waals surface area contributed by atoms with Crippen molar-refractivity contribution in [2.45, 2.75) is 44.6 Å². The highest BCUT2D eigenvalue weighted by molar-refractivity contribution is 5.66. The molecular weight excluding hydrogens is 194 g/mol. The Bertz CT molecular complexity index is 342. The van der Waals surface area contributed by atoms with E-state index in [9.17, 15) is 4.79 Å². The van der Waals surface area contributed by atoms with E-state index in [1.54, 1.807) is 6.20 Å². The van der Waals surface area contributed by atoms with Crippen molar-refractivity contribution in [1.82, 2.24) is 15.0 Å². The first-order valence-electron chi connectivity index (χ1n) is 5.37. The lowest BCUT2D eigenvalue weighted by molar-refractivity contribution is -0.138. The van der Waals surface area contributed by atoms with Crippen molar-refractivity contribution in [3.63, 3.8) is 0 Å². The Morgan fingerprint density at radius 1 is 1.47 bits per heavy atom. The molecule has 0 saturated heterocycles. The molecule has 1 heterocycles. The van der Waals surface area contributed by atoms with Crippen molar-refractivity contribution in [3.8, 4) is 0 Å². The van der Waals surface area contributed by atoms with E-state index < -0.39 is 5.97 Å². The van der Waals surface area contributed by atoms with Gasteiger partial charge in [0.2, 0.25) is 0 Å². The molecule has 0 unspecified atom stereocenters. The van der Waals surface area contributed by atoms with E-state index in [2.05, 4.69) is 10.3 Å². The molecule has 1 N–H and O–H groups in total. The van der Waals surface area contributed by atoms with Gasteiger partial charge in [0.15, 0.2) is 0 Å². The van der Waals surface area contributed by atoms with E-state index >= 15 is 0 Å². The van der Waals surface area contributed by atoms with Crippen LogP contribution in [0.15, 0.2) is 6.20 Å². The van der Waals surface area contributed by atoms with Gasteiger partial charge in [-0.3, -0.25) is 4.79 Å². The minimum Gasteiger partial charge on any atom is -0.480 e. The van der Waals surface area contributed by atoms with Crippen molar-refractivity contribution >= 4 is 5.97 Å². The number of hydrogen-bond acceptors (Lipinski definition) is 3. The predicted molar refractivity (Wildman–Crippen MR) is 53.5 cm³/mol. The van der Waals surface area contributed by atoms with E-state index in [-0.39, 0.29) is 6.54 Å². The number of aromatic nitrogens is 3. The second-order valence-corrected chi connectivity index (χ2v) is 4.05. The maximum atomic E-state index is 10.6. The second-order valence-electron chi connectivity index (χ2n) is 4.05. The summed E-state index contributed by atoms with van der Waals surface area (Å²) in [4.78, 5) is 10.6. The van der Waals surface area contributed by atoms with Crippen LogP contribution in [-0.2, 0) is 11.3 Å². The van der Waals surface area contributed by atoms with Gasteiger partial charge in [0.25, 0.3) is 0 Å². The molecule has 0 aromatic carbocycles. The molecule has 82 valence electrons. The van der Waals surface area contributed by atoms with Crippen LogP contribution in [0, 0.1) is 0 Å². The largest absolute Gasteiger partial charge is 0.480 e. The Hall–Kier alpha value is -1.39. The van der Waals surface area contributed by atoms with Gasteiger partial charge in [-0.1, -0.05) is 24.5 Å². The summed E-state index contributed by atoms with van der Waals surface area (Å²) in [5.74, 6) is -0.411. The van der Waals surface area contributed by atoms with Crippen LogP contribution in [0.3, 0.4) is 0 Å². The quantitative estimate of drug-likeness (QED) is 0.817. The van der Waals surface area contributed by atoms with Gasteiger partial charge >= 0.3 is 5.97 Å². The third-order valence-corrected chi connectivity index (χ3v) is 2.96. The normalized spacial score (nSPS) is 17.9. The molecule has 1 saturated carbocycles. The van der Waals surface area contributed by atoms with E-state index in [4.69, 9.17) is 5.11 Å². The lowest BCUT2D eigenvalue weighted by Crippen LogP contribution is -2.16. The van der Waals surface area contributed by atoms with Crippen molar-refractivity contribution in [2.24, 2.45) is 0 Å². The van der Waals surface area contributed by atoms with Gasteiger partial charge in [0.05, 0.1) is 11.9 Å². The van der Waals surface area contributed by atoms with Crippen LogP contribution < -0.4 is 0 Å². The maximum absolute atomic E-state index is 10.6. The molecular formula is C10H15N3O2. The van der Waals surface area contributed by atoms with Crippen molar-refractivity contribution in [3.05, 3.63) is 11.9 Å². The van der Waals surface area contributed by atoms with Crippen molar-refractivity contribution in [1.29, 1.82) is 0 Å². The molecule has 1 aliphatic carbocycles. The molecule has 0 bridgehead atoms. The molecule has 0 aliphatic heterocycles. The lowest BCUT2D eigenvalue weighted by atomic mass is 9.87. The standard InChI is InChI=1S/C10H15N3O2/c14-10(15)7-13-9(6-11-12-13)8-4-2-1-3-5-8/h6,8H,1-5,7H2,(H,14,15). The molecule has 5 heteroatoms. The Labute approximate surface area is 88.1 Å². The Kier molecular flexibility index (Phi) is 2.99. The van der Waals surface area contributed by atoms with Crippen LogP contribution in [0.4, 0.5) is 0 Å². The minimum absolute atomic E-state index is 0.0775. The highest BCUT2D eigenvalue weighted by Gasteiger charge is 2.20. The number of aliphatic carboxylic acids is 1. The molecule has 15 heavy (non-hydrogen) atoms. The number of carboxylic acid groups (broad SMARTS) is 1. The van der Waals surface area contributed by atoms with Gasteiger partial charge < -0.3 is 5.11 Å². The summed E-state index contributed by atoms with van der Waals surface area (Å²) >= 11 is 0. The number of nitrogens with zero attached hydrogens (tertiary/aromatic N) is 3. The number of carboxylic acids is 1. The second kappa shape index (κ2) is 4.42. The summed E-state index contributed by atoms with van der Waals surface area (Å²) in [6.07, 6.45) is 7.71. The Balaban J connectivity index is 2.12. The highest BCUT2D eigenvalue weighted by Crippen LogP contribution is 2.31. The predicted octanol–water partition coefficient (Wildman–Crippen LogP) is 1.41. The fourth-order valence-corrected chi connectivity index (χ4v) is 2.23. The molecule has 1 aromatic heterocycles. The summed E-state index contributed by atoms with van der Waals surface area (Å²) in [6.45, 7) is -0.0775. The molecule has 0 spiro atoms. The summed E-state index contributed by atoms with van der Waals surface area (Å²) in [5.41, 5.74) is 0.983. The zero-order valence-electron chi connectivity index (χ0n) is 8.59. The minimum atomic E-state index is -0.863. The summed E-state index contributed by atoms with van der Waals surface area (Å²) in [5, 5.41) is 16.3.